The van der Waals surface area contributed by atoms with Crippen molar-refractivity contribution in [3.63, 3.8) is 0 Å². The van der Waals surface area contributed by atoms with Crippen LogP contribution in [0.2, 0.25) is 0 Å². The molecule has 0 bridgehead atoms. The van der Waals surface area contributed by atoms with E-state index in [1.54, 1.807) is 48.5 Å². The molecule has 0 fully saturated rings. The van der Waals surface area contributed by atoms with Crippen LogP contribution in [0.15, 0.2) is 48.5 Å². The lowest BCUT2D eigenvalue weighted by Crippen LogP contribution is -2.43. The summed E-state index contributed by atoms with van der Waals surface area (Å²) in [4.78, 5) is 35.4. The Kier molecular flexibility index (Phi) is 5.88. The van der Waals surface area contributed by atoms with Crippen molar-refractivity contribution in [3.05, 3.63) is 59.7 Å². The van der Waals surface area contributed by atoms with E-state index in [4.69, 9.17) is 14.2 Å². The minimum Gasteiger partial charge on any atom is -0.486 e. The van der Waals surface area contributed by atoms with Gasteiger partial charge in [0.15, 0.2) is 18.1 Å². The molecule has 2 amide bonds. The van der Waals surface area contributed by atoms with E-state index in [0.717, 1.165) is 0 Å². The van der Waals surface area contributed by atoms with Crippen molar-refractivity contribution in [1.82, 2.24) is 10.9 Å². The Morgan fingerprint density at radius 1 is 0.926 bits per heavy atom. The molecule has 27 heavy (non-hydrogen) atoms. The number of amides is 2. The van der Waals surface area contributed by atoms with Crippen LogP contribution in [0.1, 0.15) is 15.9 Å². The van der Waals surface area contributed by atoms with Crippen molar-refractivity contribution < 1.29 is 28.6 Å². The minimum absolute atomic E-state index is 0.0136. The van der Waals surface area contributed by atoms with Crippen molar-refractivity contribution in [2.45, 2.75) is 6.42 Å². The van der Waals surface area contributed by atoms with Gasteiger partial charge >= 0.3 is 5.97 Å². The molecule has 8 heteroatoms. The van der Waals surface area contributed by atoms with Crippen LogP contribution in [0.4, 0.5) is 0 Å². The zero-order chi connectivity index (χ0) is 19.1. The first kappa shape index (κ1) is 18.2. The first-order valence-corrected chi connectivity index (χ1v) is 8.30. The van der Waals surface area contributed by atoms with Gasteiger partial charge in [-0.2, -0.15) is 0 Å². The van der Waals surface area contributed by atoms with Crippen molar-refractivity contribution >= 4 is 17.8 Å². The monoisotopic (exact) mass is 370 g/mol. The number of rotatable bonds is 5. The Morgan fingerprint density at radius 3 is 2.44 bits per heavy atom. The third-order valence-corrected chi connectivity index (χ3v) is 3.67. The Morgan fingerprint density at radius 2 is 1.67 bits per heavy atom. The van der Waals surface area contributed by atoms with Gasteiger partial charge in [0.05, 0.1) is 6.42 Å². The number of esters is 1. The van der Waals surface area contributed by atoms with Gasteiger partial charge in [0.1, 0.15) is 13.2 Å². The highest BCUT2D eigenvalue weighted by atomic mass is 16.6. The van der Waals surface area contributed by atoms with Gasteiger partial charge in [0, 0.05) is 5.56 Å². The highest BCUT2D eigenvalue weighted by molar-refractivity contribution is 5.95. The fraction of sp³-hybridized carbons (Fsp3) is 0.211. The molecule has 0 saturated carbocycles. The van der Waals surface area contributed by atoms with Gasteiger partial charge in [-0.1, -0.05) is 24.3 Å². The quantitative estimate of drug-likeness (QED) is 0.601. The molecule has 0 aromatic heterocycles. The molecule has 2 aromatic rings. The highest BCUT2D eigenvalue weighted by Gasteiger charge is 2.14. The topological polar surface area (TPSA) is 103 Å². The van der Waals surface area contributed by atoms with Crippen LogP contribution in [0.3, 0.4) is 0 Å². The predicted molar refractivity (Wildman–Crippen MR) is 94.1 cm³/mol. The molecular formula is C19H18N2O6. The second-order valence-corrected chi connectivity index (χ2v) is 5.68. The van der Waals surface area contributed by atoms with Gasteiger partial charge in [0.2, 0.25) is 0 Å². The van der Waals surface area contributed by atoms with E-state index in [1.165, 1.54) is 0 Å². The van der Waals surface area contributed by atoms with E-state index in [1.807, 2.05) is 0 Å². The predicted octanol–water partition coefficient (Wildman–Crippen LogP) is 1.00. The second kappa shape index (κ2) is 8.70. The average molecular weight is 370 g/mol. The lowest BCUT2D eigenvalue weighted by Gasteiger charge is -2.18. The normalized spacial score (nSPS) is 12.0. The number of benzene rings is 2. The number of hydrogen-bond donors (Lipinski definition) is 2. The molecule has 0 atom stereocenters. The SMILES string of the molecule is O=C(COC(=O)Cc1ccc2c(c1)OCCO2)NNC(=O)c1ccccc1. The first-order valence-electron chi connectivity index (χ1n) is 8.30. The number of hydrazine groups is 1. The third kappa shape index (κ3) is 5.21. The molecule has 140 valence electrons. The maximum absolute atomic E-state index is 11.9. The van der Waals surface area contributed by atoms with Gasteiger partial charge < -0.3 is 14.2 Å². The minimum atomic E-state index is -0.644. The fourth-order valence-electron chi connectivity index (χ4n) is 2.39. The van der Waals surface area contributed by atoms with Crippen LogP contribution in [0.5, 0.6) is 11.5 Å². The Hall–Kier alpha value is -3.55. The van der Waals surface area contributed by atoms with E-state index in [0.29, 0.717) is 35.8 Å². The molecule has 8 nitrogen and oxygen atoms in total. The van der Waals surface area contributed by atoms with Crippen LogP contribution in [0, 0.1) is 0 Å². The molecule has 0 spiro atoms. The summed E-state index contributed by atoms with van der Waals surface area (Å²) in [7, 11) is 0. The van der Waals surface area contributed by atoms with Crippen molar-refractivity contribution in [2.24, 2.45) is 0 Å². The molecule has 0 unspecified atom stereocenters. The molecule has 0 aliphatic carbocycles. The van der Waals surface area contributed by atoms with Crippen LogP contribution in [-0.2, 0) is 20.7 Å². The zero-order valence-electron chi connectivity index (χ0n) is 14.4. The van der Waals surface area contributed by atoms with Crippen LogP contribution in [0.25, 0.3) is 0 Å². The summed E-state index contributed by atoms with van der Waals surface area (Å²) in [6.07, 6.45) is -0.0136. The fourth-order valence-corrected chi connectivity index (χ4v) is 2.39. The van der Waals surface area contributed by atoms with Gasteiger partial charge in [-0.15, -0.1) is 0 Å². The molecule has 1 aliphatic rings. The van der Waals surface area contributed by atoms with Crippen LogP contribution in [-0.4, -0.2) is 37.6 Å². The summed E-state index contributed by atoms with van der Waals surface area (Å²) in [6, 6.07) is 13.6. The van der Waals surface area contributed by atoms with Gasteiger partial charge in [-0.25, -0.2) is 0 Å². The first-order chi connectivity index (χ1) is 13.1. The summed E-state index contributed by atoms with van der Waals surface area (Å²) in [6.45, 7) is 0.443. The smallest absolute Gasteiger partial charge is 0.310 e. The van der Waals surface area contributed by atoms with E-state index >= 15 is 0 Å². The summed E-state index contributed by atoms with van der Waals surface area (Å²) >= 11 is 0. The summed E-state index contributed by atoms with van der Waals surface area (Å²) in [5, 5.41) is 0. The van der Waals surface area contributed by atoms with Crippen molar-refractivity contribution in [3.8, 4) is 11.5 Å². The Labute approximate surface area is 155 Å². The number of fused-ring (bicyclic) bond motifs is 1. The molecular weight excluding hydrogens is 352 g/mol. The van der Waals surface area contributed by atoms with E-state index in [2.05, 4.69) is 10.9 Å². The number of hydrogen-bond acceptors (Lipinski definition) is 6. The Bertz CT molecular complexity index is 837. The maximum atomic E-state index is 11.9. The standard InChI is InChI=1S/C19H18N2O6/c22-17(20-21-19(24)14-4-2-1-3-5-14)12-27-18(23)11-13-6-7-15-16(10-13)26-9-8-25-15/h1-7,10H,8-9,11-12H2,(H,20,22)(H,21,24). The van der Waals surface area contributed by atoms with Crippen LogP contribution >= 0.6 is 0 Å². The molecule has 2 N–H and O–H groups in total. The summed E-state index contributed by atoms with van der Waals surface area (Å²) in [5.41, 5.74) is 5.51. The number of carbonyl (C=O) groups excluding carboxylic acids is 3. The molecule has 3 rings (SSSR count). The van der Waals surface area contributed by atoms with Crippen molar-refractivity contribution in [2.75, 3.05) is 19.8 Å². The largest absolute Gasteiger partial charge is 0.486 e. The van der Waals surface area contributed by atoms with Gasteiger partial charge in [-0.05, 0) is 29.8 Å². The average Bonchev–Trinajstić information content (AvgIpc) is 2.71. The maximum Gasteiger partial charge on any atom is 0.310 e. The lowest BCUT2D eigenvalue weighted by molar-refractivity contribution is -0.148. The second-order valence-electron chi connectivity index (χ2n) is 5.68. The molecule has 0 radical (unpaired) electrons. The lowest BCUT2D eigenvalue weighted by atomic mass is 10.1. The van der Waals surface area contributed by atoms with E-state index in [9.17, 15) is 14.4 Å². The van der Waals surface area contributed by atoms with Crippen molar-refractivity contribution in [1.29, 1.82) is 0 Å². The van der Waals surface area contributed by atoms with E-state index < -0.39 is 24.4 Å². The highest BCUT2D eigenvalue weighted by Crippen LogP contribution is 2.30. The Balaban J connectivity index is 1.41. The number of ether oxygens (including phenoxy) is 3. The summed E-state index contributed by atoms with van der Waals surface area (Å²) < 4.78 is 15.8. The van der Waals surface area contributed by atoms with Gasteiger partial charge in [0.25, 0.3) is 11.8 Å². The summed E-state index contributed by atoms with van der Waals surface area (Å²) in [5.74, 6) is -0.475. The van der Waals surface area contributed by atoms with E-state index in [-0.39, 0.29) is 6.42 Å². The van der Waals surface area contributed by atoms with Crippen LogP contribution < -0.4 is 20.3 Å². The molecule has 0 saturated heterocycles. The van der Waals surface area contributed by atoms with Gasteiger partial charge in [-0.3, -0.25) is 25.2 Å². The number of carbonyl (C=O) groups is 3. The third-order valence-electron chi connectivity index (χ3n) is 3.67. The number of nitrogens with one attached hydrogen (secondary N) is 2. The molecule has 1 aliphatic heterocycles. The molecule has 1 heterocycles. The molecule has 2 aromatic carbocycles. The zero-order valence-corrected chi connectivity index (χ0v) is 14.4.